The standard InChI is InChI=1S/C11H7ClN2OS/c12-9-2-1-5-13-11(9)16-10-4-3-8(7-15)6-14-10/h1-7H. The van der Waals surface area contributed by atoms with E-state index in [1.807, 2.05) is 0 Å². The maximum atomic E-state index is 10.4. The summed E-state index contributed by atoms with van der Waals surface area (Å²) in [6, 6.07) is 7.02. The highest BCUT2D eigenvalue weighted by Gasteiger charge is 2.04. The first-order chi connectivity index (χ1) is 7.79. The van der Waals surface area contributed by atoms with Crippen molar-refractivity contribution in [2.75, 3.05) is 0 Å². The molecular formula is C11H7ClN2OS. The Morgan fingerprint density at radius 1 is 1.25 bits per heavy atom. The number of nitrogens with zero attached hydrogens (tertiary/aromatic N) is 2. The van der Waals surface area contributed by atoms with Gasteiger partial charge < -0.3 is 0 Å². The van der Waals surface area contributed by atoms with E-state index in [2.05, 4.69) is 9.97 Å². The Morgan fingerprint density at radius 2 is 2.12 bits per heavy atom. The minimum atomic E-state index is 0.552. The van der Waals surface area contributed by atoms with Crippen LogP contribution in [0.5, 0.6) is 0 Å². The van der Waals surface area contributed by atoms with Crippen LogP contribution in [0.15, 0.2) is 46.7 Å². The molecular weight excluding hydrogens is 244 g/mol. The molecule has 2 heterocycles. The zero-order valence-electron chi connectivity index (χ0n) is 8.13. The lowest BCUT2D eigenvalue weighted by Gasteiger charge is -2.01. The number of halogens is 1. The Kier molecular flexibility index (Phi) is 3.54. The van der Waals surface area contributed by atoms with Crippen molar-refractivity contribution in [2.24, 2.45) is 0 Å². The second kappa shape index (κ2) is 5.09. The summed E-state index contributed by atoms with van der Waals surface area (Å²) in [4.78, 5) is 18.7. The molecule has 0 bridgehead atoms. The number of rotatable bonds is 3. The number of aldehydes is 1. The Hall–Kier alpha value is -1.39. The summed E-state index contributed by atoms with van der Waals surface area (Å²) in [5.41, 5.74) is 0.552. The van der Waals surface area contributed by atoms with Crippen LogP contribution in [-0.4, -0.2) is 16.3 Å². The summed E-state index contributed by atoms with van der Waals surface area (Å²) in [5.74, 6) is 0. The van der Waals surface area contributed by atoms with Gasteiger partial charge in [0.25, 0.3) is 0 Å². The van der Waals surface area contributed by atoms with Gasteiger partial charge in [-0.05, 0) is 36.0 Å². The fraction of sp³-hybridized carbons (Fsp3) is 0. The van der Waals surface area contributed by atoms with Gasteiger partial charge in [-0.15, -0.1) is 0 Å². The van der Waals surface area contributed by atoms with E-state index in [1.54, 1.807) is 30.5 Å². The van der Waals surface area contributed by atoms with Crippen molar-refractivity contribution >= 4 is 29.6 Å². The number of hydrogen-bond donors (Lipinski definition) is 0. The molecule has 3 nitrogen and oxygen atoms in total. The van der Waals surface area contributed by atoms with Crippen molar-refractivity contribution in [3.63, 3.8) is 0 Å². The summed E-state index contributed by atoms with van der Waals surface area (Å²) < 4.78 is 0. The summed E-state index contributed by atoms with van der Waals surface area (Å²) in [6.45, 7) is 0. The van der Waals surface area contributed by atoms with E-state index in [4.69, 9.17) is 11.6 Å². The van der Waals surface area contributed by atoms with Crippen molar-refractivity contribution in [1.82, 2.24) is 9.97 Å². The van der Waals surface area contributed by atoms with Crippen molar-refractivity contribution in [2.45, 2.75) is 10.1 Å². The third-order valence-corrected chi connectivity index (χ3v) is 3.21. The third kappa shape index (κ3) is 2.59. The van der Waals surface area contributed by atoms with Gasteiger partial charge in [-0.25, -0.2) is 9.97 Å². The topological polar surface area (TPSA) is 42.9 Å². The Bertz CT molecular complexity index is 502. The zero-order valence-corrected chi connectivity index (χ0v) is 9.70. The average molecular weight is 251 g/mol. The molecule has 0 spiro atoms. The molecule has 16 heavy (non-hydrogen) atoms. The van der Waals surface area contributed by atoms with E-state index >= 15 is 0 Å². The fourth-order valence-electron chi connectivity index (χ4n) is 1.07. The first-order valence-electron chi connectivity index (χ1n) is 4.49. The van der Waals surface area contributed by atoms with Crippen LogP contribution in [0.3, 0.4) is 0 Å². The molecule has 5 heteroatoms. The number of pyridine rings is 2. The molecule has 2 aromatic heterocycles. The summed E-state index contributed by atoms with van der Waals surface area (Å²) in [6.07, 6.45) is 3.95. The smallest absolute Gasteiger partial charge is 0.151 e. The predicted molar refractivity (Wildman–Crippen MR) is 63.0 cm³/mol. The second-order valence-electron chi connectivity index (χ2n) is 2.94. The van der Waals surface area contributed by atoms with Crippen molar-refractivity contribution in [1.29, 1.82) is 0 Å². The number of hydrogen-bond acceptors (Lipinski definition) is 4. The maximum Gasteiger partial charge on any atom is 0.151 e. The van der Waals surface area contributed by atoms with E-state index in [0.29, 0.717) is 15.6 Å². The number of aromatic nitrogens is 2. The molecule has 0 saturated heterocycles. The van der Waals surface area contributed by atoms with Gasteiger partial charge in [0.2, 0.25) is 0 Å². The largest absolute Gasteiger partial charge is 0.298 e. The van der Waals surface area contributed by atoms with Crippen LogP contribution in [0.25, 0.3) is 0 Å². The molecule has 80 valence electrons. The van der Waals surface area contributed by atoms with Gasteiger partial charge in [-0.2, -0.15) is 0 Å². The molecule has 2 rings (SSSR count). The summed E-state index contributed by atoms with van der Waals surface area (Å²) in [7, 11) is 0. The molecule has 0 fully saturated rings. The quantitative estimate of drug-likeness (QED) is 0.785. The molecule has 0 radical (unpaired) electrons. The highest BCUT2D eigenvalue weighted by molar-refractivity contribution is 7.99. The van der Waals surface area contributed by atoms with Gasteiger partial charge in [0.1, 0.15) is 10.1 Å². The summed E-state index contributed by atoms with van der Waals surface area (Å²) >= 11 is 7.33. The van der Waals surface area contributed by atoms with Crippen molar-refractivity contribution in [3.8, 4) is 0 Å². The Labute approximate surface area is 102 Å². The van der Waals surface area contributed by atoms with E-state index < -0.39 is 0 Å². The second-order valence-corrected chi connectivity index (χ2v) is 4.36. The maximum absolute atomic E-state index is 10.4. The molecule has 0 unspecified atom stereocenters. The van der Waals surface area contributed by atoms with E-state index in [0.717, 1.165) is 11.3 Å². The molecule has 0 aliphatic heterocycles. The monoisotopic (exact) mass is 250 g/mol. The third-order valence-electron chi connectivity index (χ3n) is 1.82. The minimum absolute atomic E-state index is 0.552. The zero-order chi connectivity index (χ0) is 11.4. The van der Waals surface area contributed by atoms with Crippen LogP contribution in [0.1, 0.15) is 10.4 Å². The molecule has 0 atom stereocenters. The van der Waals surface area contributed by atoms with Gasteiger partial charge in [-0.3, -0.25) is 4.79 Å². The lowest BCUT2D eigenvalue weighted by Crippen LogP contribution is -1.86. The Balaban J connectivity index is 2.21. The lowest BCUT2D eigenvalue weighted by atomic mass is 10.3. The fourth-order valence-corrected chi connectivity index (χ4v) is 2.02. The van der Waals surface area contributed by atoms with Gasteiger partial charge in [0, 0.05) is 18.0 Å². The van der Waals surface area contributed by atoms with Crippen LogP contribution >= 0.6 is 23.4 Å². The van der Waals surface area contributed by atoms with Crippen LogP contribution in [0, 0.1) is 0 Å². The highest BCUT2D eigenvalue weighted by atomic mass is 35.5. The van der Waals surface area contributed by atoms with E-state index in [-0.39, 0.29) is 0 Å². The Morgan fingerprint density at radius 3 is 2.75 bits per heavy atom. The first-order valence-corrected chi connectivity index (χ1v) is 5.68. The molecule has 0 saturated carbocycles. The normalized spacial score (nSPS) is 10.1. The van der Waals surface area contributed by atoms with Crippen LogP contribution in [0.4, 0.5) is 0 Å². The highest BCUT2D eigenvalue weighted by Crippen LogP contribution is 2.29. The first kappa shape index (κ1) is 11.1. The van der Waals surface area contributed by atoms with Crippen molar-refractivity contribution < 1.29 is 4.79 Å². The number of carbonyl (C=O) groups excluding carboxylic acids is 1. The van der Waals surface area contributed by atoms with E-state index in [9.17, 15) is 4.79 Å². The van der Waals surface area contributed by atoms with Crippen LogP contribution in [-0.2, 0) is 0 Å². The van der Waals surface area contributed by atoms with Crippen LogP contribution < -0.4 is 0 Å². The van der Waals surface area contributed by atoms with E-state index in [1.165, 1.54) is 18.0 Å². The van der Waals surface area contributed by atoms with Gasteiger partial charge >= 0.3 is 0 Å². The van der Waals surface area contributed by atoms with Gasteiger partial charge in [-0.1, -0.05) is 11.6 Å². The van der Waals surface area contributed by atoms with Gasteiger partial charge in [0.15, 0.2) is 6.29 Å². The molecule has 0 aromatic carbocycles. The van der Waals surface area contributed by atoms with Crippen molar-refractivity contribution in [3.05, 3.63) is 47.2 Å². The SMILES string of the molecule is O=Cc1ccc(Sc2ncccc2Cl)nc1. The molecule has 0 N–H and O–H groups in total. The van der Waals surface area contributed by atoms with Gasteiger partial charge in [0.05, 0.1) is 5.02 Å². The summed E-state index contributed by atoms with van der Waals surface area (Å²) in [5, 5.41) is 2.05. The minimum Gasteiger partial charge on any atom is -0.298 e. The van der Waals surface area contributed by atoms with Crippen LogP contribution in [0.2, 0.25) is 5.02 Å². The number of carbonyl (C=O) groups is 1. The lowest BCUT2D eigenvalue weighted by molar-refractivity contribution is 0.112. The average Bonchev–Trinajstić information content (AvgIpc) is 2.33. The molecule has 0 amide bonds. The molecule has 0 aliphatic rings. The predicted octanol–water partition coefficient (Wildman–Crippen LogP) is 3.09. The molecule has 2 aromatic rings. The molecule has 0 aliphatic carbocycles.